The van der Waals surface area contributed by atoms with E-state index in [0.29, 0.717) is 5.56 Å². The fraction of sp³-hybridized carbons (Fsp3) is 0.118. The van der Waals surface area contributed by atoms with E-state index in [4.69, 9.17) is 0 Å². The smallest absolute Gasteiger partial charge is 0.218 e. The number of hydrogen-bond donors (Lipinski definition) is 0. The van der Waals surface area contributed by atoms with Gasteiger partial charge < -0.3 is 24.0 Å². The summed E-state index contributed by atoms with van der Waals surface area (Å²) < 4.78 is 16.1. The molecule has 0 aliphatic carbocycles. The summed E-state index contributed by atoms with van der Waals surface area (Å²) >= 11 is 0. The zero-order chi connectivity index (χ0) is 13.4. The van der Waals surface area contributed by atoms with E-state index in [1.807, 2.05) is 38.2 Å². The Bertz CT molecular complexity index is 768. The van der Waals surface area contributed by atoms with Gasteiger partial charge in [-0.25, -0.2) is 4.39 Å². The zero-order valence-electron chi connectivity index (χ0n) is 11.4. The van der Waals surface area contributed by atoms with Crippen LogP contribution in [-0.4, -0.2) is 0 Å². The second-order valence-electron chi connectivity index (χ2n) is 4.77. The van der Waals surface area contributed by atoms with Gasteiger partial charge in [-0.3, -0.25) is 0 Å². The first-order chi connectivity index (χ1) is 9.18. The van der Waals surface area contributed by atoms with Crippen molar-refractivity contribution in [3.8, 4) is 11.3 Å². The van der Waals surface area contributed by atoms with Crippen LogP contribution in [0.3, 0.4) is 0 Å². The Hall–Kier alpha value is -1.49. The van der Waals surface area contributed by atoms with Crippen LogP contribution >= 0.6 is 0 Å². The Balaban J connectivity index is 0.00000147. The van der Waals surface area contributed by atoms with Crippen LogP contribution in [0.4, 0.5) is 4.39 Å². The molecule has 1 heterocycles. The largest absolute Gasteiger partial charge is 1.00 e. The van der Waals surface area contributed by atoms with Gasteiger partial charge in [0, 0.05) is 17.0 Å². The third-order valence-corrected chi connectivity index (χ3v) is 3.51. The van der Waals surface area contributed by atoms with E-state index in [9.17, 15) is 4.39 Å². The van der Waals surface area contributed by atoms with Crippen molar-refractivity contribution in [3.63, 3.8) is 0 Å². The van der Waals surface area contributed by atoms with Crippen molar-refractivity contribution in [1.82, 2.24) is 0 Å². The van der Waals surface area contributed by atoms with Crippen molar-refractivity contribution in [2.75, 3.05) is 0 Å². The zero-order valence-corrected chi connectivity index (χ0v) is 13.6. The topological polar surface area (TPSA) is 3.88 Å². The fourth-order valence-electron chi connectivity index (χ4n) is 2.65. The molecule has 0 N–H and O–H groups in total. The Morgan fingerprint density at radius 3 is 2.35 bits per heavy atom. The van der Waals surface area contributed by atoms with Gasteiger partial charge in [-0.1, -0.05) is 24.3 Å². The minimum absolute atomic E-state index is 0. The number of benzene rings is 2. The molecule has 3 rings (SSSR count). The SMILES string of the molecule is Cc1cc2ccccc2[n+](C)c1-c1ccccc1F.[I-]. The van der Waals surface area contributed by atoms with Gasteiger partial charge in [0.25, 0.3) is 0 Å². The van der Waals surface area contributed by atoms with E-state index >= 15 is 0 Å². The molecular formula is C17H15FIN. The van der Waals surface area contributed by atoms with Gasteiger partial charge in [0.05, 0.1) is 5.56 Å². The number of aryl methyl sites for hydroxylation is 2. The molecule has 1 aromatic heterocycles. The molecule has 0 amide bonds. The predicted molar refractivity (Wildman–Crippen MR) is 75.3 cm³/mol. The molecule has 102 valence electrons. The van der Waals surface area contributed by atoms with Crippen molar-refractivity contribution in [2.24, 2.45) is 7.05 Å². The number of hydrogen-bond acceptors (Lipinski definition) is 0. The van der Waals surface area contributed by atoms with E-state index in [-0.39, 0.29) is 29.8 Å². The molecule has 0 unspecified atom stereocenters. The summed E-state index contributed by atoms with van der Waals surface area (Å²) in [4.78, 5) is 0. The molecule has 0 fully saturated rings. The lowest BCUT2D eigenvalue weighted by Gasteiger charge is -2.08. The number of fused-ring (bicyclic) bond motifs is 1. The van der Waals surface area contributed by atoms with Gasteiger partial charge in [0.1, 0.15) is 12.9 Å². The first-order valence-electron chi connectivity index (χ1n) is 6.32. The molecule has 2 aromatic carbocycles. The predicted octanol–water partition coefficient (Wildman–Crippen LogP) is 0.783. The minimum atomic E-state index is -0.184. The number of aromatic nitrogens is 1. The molecule has 20 heavy (non-hydrogen) atoms. The van der Waals surface area contributed by atoms with Crippen LogP contribution in [0.15, 0.2) is 54.6 Å². The van der Waals surface area contributed by atoms with E-state index in [2.05, 4.69) is 22.8 Å². The molecule has 1 nitrogen and oxygen atoms in total. The van der Waals surface area contributed by atoms with Crippen LogP contribution < -0.4 is 28.5 Å². The van der Waals surface area contributed by atoms with Crippen molar-refractivity contribution in [3.05, 3.63) is 66.0 Å². The molecule has 0 aliphatic heterocycles. The van der Waals surface area contributed by atoms with E-state index < -0.39 is 0 Å². The lowest BCUT2D eigenvalue weighted by Crippen LogP contribution is -3.00. The Labute approximate surface area is 135 Å². The quantitative estimate of drug-likeness (QED) is 0.435. The van der Waals surface area contributed by atoms with Gasteiger partial charge >= 0.3 is 0 Å². The fourth-order valence-corrected chi connectivity index (χ4v) is 2.65. The average Bonchev–Trinajstić information content (AvgIpc) is 2.41. The molecule has 3 heteroatoms. The third-order valence-electron chi connectivity index (χ3n) is 3.51. The third kappa shape index (κ3) is 2.42. The molecular weight excluding hydrogens is 364 g/mol. The Morgan fingerprint density at radius 1 is 0.950 bits per heavy atom. The molecule has 0 atom stereocenters. The summed E-state index contributed by atoms with van der Waals surface area (Å²) in [6.07, 6.45) is 0. The van der Waals surface area contributed by atoms with Crippen LogP contribution in [0.5, 0.6) is 0 Å². The number of pyridine rings is 1. The van der Waals surface area contributed by atoms with Crippen molar-refractivity contribution < 1.29 is 32.9 Å². The first-order valence-corrected chi connectivity index (χ1v) is 6.32. The monoisotopic (exact) mass is 379 g/mol. The molecule has 3 aromatic rings. The Morgan fingerprint density at radius 2 is 1.60 bits per heavy atom. The standard InChI is InChI=1S/C17H15FN.HI/c1-12-11-13-7-3-6-10-16(13)19(2)17(12)14-8-4-5-9-15(14)18;/h3-11H,1-2H3;1H/q+1;/p-1. The van der Waals surface area contributed by atoms with E-state index in [0.717, 1.165) is 16.8 Å². The molecule has 0 saturated heterocycles. The summed E-state index contributed by atoms with van der Waals surface area (Å²) in [6.45, 7) is 2.02. The van der Waals surface area contributed by atoms with Crippen LogP contribution in [0.1, 0.15) is 5.56 Å². The molecule has 0 aliphatic rings. The van der Waals surface area contributed by atoms with Crippen LogP contribution in [0.2, 0.25) is 0 Å². The van der Waals surface area contributed by atoms with Crippen molar-refractivity contribution >= 4 is 10.9 Å². The van der Waals surface area contributed by atoms with Crippen molar-refractivity contribution in [2.45, 2.75) is 6.92 Å². The highest BCUT2D eigenvalue weighted by molar-refractivity contribution is 5.79. The second-order valence-corrected chi connectivity index (χ2v) is 4.77. The normalized spacial score (nSPS) is 10.3. The van der Waals surface area contributed by atoms with Crippen LogP contribution in [0.25, 0.3) is 22.2 Å². The van der Waals surface area contributed by atoms with Gasteiger partial charge in [-0.15, -0.1) is 0 Å². The summed E-state index contributed by atoms with van der Waals surface area (Å²) in [5.41, 5.74) is 3.75. The number of halogens is 2. The van der Waals surface area contributed by atoms with Gasteiger partial charge in [-0.2, -0.15) is 4.57 Å². The summed E-state index contributed by atoms with van der Waals surface area (Å²) in [5.74, 6) is -0.184. The highest BCUT2D eigenvalue weighted by Gasteiger charge is 2.19. The average molecular weight is 379 g/mol. The first kappa shape index (κ1) is 14.9. The molecule has 0 spiro atoms. The maximum Gasteiger partial charge on any atom is 0.218 e. The van der Waals surface area contributed by atoms with Gasteiger partial charge in [-0.05, 0) is 31.2 Å². The molecule has 0 saturated carbocycles. The lowest BCUT2D eigenvalue weighted by atomic mass is 10.0. The number of para-hydroxylation sites is 1. The van der Waals surface area contributed by atoms with E-state index in [1.54, 1.807) is 6.07 Å². The Kier molecular flexibility index (Phi) is 4.38. The van der Waals surface area contributed by atoms with Crippen LogP contribution in [0, 0.1) is 12.7 Å². The minimum Gasteiger partial charge on any atom is -1.00 e. The number of rotatable bonds is 1. The van der Waals surface area contributed by atoms with Gasteiger partial charge in [0.15, 0.2) is 0 Å². The summed E-state index contributed by atoms with van der Waals surface area (Å²) in [6, 6.07) is 17.2. The molecule has 0 radical (unpaired) electrons. The lowest BCUT2D eigenvalue weighted by molar-refractivity contribution is -0.633. The summed E-state index contributed by atoms with van der Waals surface area (Å²) in [5, 5.41) is 1.17. The second kappa shape index (κ2) is 5.87. The van der Waals surface area contributed by atoms with Crippen molar-refractivity contribution in [1.29, 1.82) is 0 Å². The maximum atomic E-state index is 14.0. The van der Waals surface area contributed by atoms with Crippen LogP contribution in [-0.2, 0) is 7.05 Å². The highest BCUT2D eigenvalue weighted by Crippen LogP contribution is 2.25. The van der Waals surface area contributed by atoms with E-state index in [1.165, 1.54) is 11.5 Å². The molecule has 0 bridgehead atoms. The summed E-state index contributed by atoms with van der Waals surface area (Å²) in [7, 11) is 1.98. The number of nitrogens with zero attached hydrogens (tertiary/aromatic N) is 1. The van der Waals surface area contributed by atoms with Gasteiger partial charge in [0.2, 0.25) is 11.2 Å². The maximum absolute atomic E-state index is 14.0. The highest BCUT2D eigenvalue weighted by atomic mass is 127.